The molecule has 0 saturated carbocycles. The second-order valence-corrected chi connectivity index (χ2v) is 5.77. The van der Waals surface area contributed by atoms with E-state index in [0.717, 1.165) is 27.8 Å². The second-order valence-electron chi connectivity index (χ2n) is 5.77. The fourth-order valence-corrected chi connectivity index (χ4v) is 2.73. The van der Waals surface area contributed by atoms with Gasteiger partial charge in [-0.2, -0.15) is 10.2 Å². The smallest absolute Gasteiger partial charge is 0.146 e. The highest BCUT2D eigenvalue weighted by Gasteiger charge is 2.12. The molecule has 7 nitrogen and oxygen atoms in total. The molecule has 128 valence electrons. The lowest BCUT2D eigenvalue weighted by molar-refractivity contribution is 0.417. The van der Waals surface area contributed by atoms with Gasteiger partial charge in [0.2, 0.25) is 0 Å². The molecular formula is C19H16N6O. The number of rotatable bonds is 2. The summed E-state index contributed by atoms with van der Waals surface area (Å²) in [5.41, 5.74) is 10.0. The van der Waals surface area contributed by atoms with Crippen molar-refractivity contribution in [3.63, 3.8) is 0 Å². The van der Waals surface area contributed by atoms with E-state index in [9.17, 15) is 0 Å². The SMILES string of the molecule is COc1cc(-c2cnn(C)c2)cn2ncc(C#Cc3ccnc(N)c3)c12. The van der Waals surface area contributed by atoms with Gasteiger partial charge in [-0.3, -0.25) is 4.68 Å². The van der Waals surface area contributed by atoms with E-state index in [1.54, 1.807) is 41.0 Å². The Labute approximate surface area is 150 Å². The van der Waals surface area contributed by atoms with Gasteiger partial charge in [0, 0.05) is 42.3 Å². The van der Waals surface area contributed by atoms with E-state index in [-0.39, 0.29) is 0 Å². The number of hydrogen-bond donors (Lipinski definition) is 1. The average Bonchev–Trinajstić information content (AvgIpc) is 3.25. The number of nitrogens with two attached hydrogens (primary N) is 1. The van der Waals surface area contributed by atoms with Crippen LogP contribution in [-0.4, -0.2) is 31.5 Å². The van der Waals surface area contributed by atoms with Crippen molar-refractivity contribution in [2.45, 2.75) is 0 Å². The molecule has 0 unspecified atom stereocenters. The van der Waals surface area contributed by atoms with Crippen LogP contribution in [-0.2, 0) is 7.05 Å². The van der Waals surface area contributed by atoms with Gasteiger partial charge in [0.25, 0.3) is 0 Å². The molecule has 0 bridgehead atoms. The van der Waals surface area contributed by atoms with E-state index < -0.39 is 0 Å². The van der Waals surface area contributed by atoms with E-state index in [2.05, 4.69) is 27.0 Å². The zero-order chi connectivity index (χ0) is 18.1. The third kappa shape index (κ3) is 2.84. The molecular weight excluding hydrogens is 328 g/mol. The van der Waals surface area contributed by atoms with Gasteiger partial charge in [0.1, 0.15) is 17.1 Å². The zero-order valence-electron chi connectivity index (χ0n) is 14.3. The van der Waals surface area contributed by atoms with Gasteiger partial charge in [0.15, 0.2) is 0 Å². The Kier molecular flexibility index (Phi) is 3.78. The summed E-state index contributed by atoms with van der Waals surface area (Å²) < 4.78 is 9.11. The molecule has 0 aliphatic rings. The summed E-state index contributed by atoms with van der Waals surface area (Å²) in [7, 11) is 3.52. The van der Waals surface area contributed by atoms with Crippen LogP contribution in [0.15, 0.2) is 49.2 Å². The van der Waals surface area contributed by atoms with Crippen molar-refractivity contribution in [3.05, 3.63) is 60.3 Å². The standard InChI is InChI=1S/C19H16N6O/c1-24-11-16(10-22-24)15-8-17(26-2)19-14(9-23-25(19)12-15)4-3-13-5-6-21-18(20)7-13/h5-12H,1-2H3,(H2,20,21). The number of pyridine rings is 2. The lowest BCUT2D eigenvalue weighted by atomic mass is 10.1. The summed E-state index contributed by atoms with van der Waals surface area (Å²) in [6.45, 7) is 0. The Bertz CT molecular complexity index is 1160. The van der Waals surface area contributed by atoms with Gasteiger partial charge < -0.3 is 10.5 Å². The van der Waals surface area contributed by atoms with Crippen molar-refractivity contribution >= 4 is 11.3 Å². The molecule has 0 aliphatic heterocycles. The summed E-state index contributed by atoms with van der Waals surface area (Å²) in [5.74, 6) is 7.36. The number of ether oxygens (including phenoxy) is 1. The van der Waals surface area contributed by atoms with Crippen molar-refractivity contribution < 1.29 is 4.74 Å². The maximum Gasteiger partial charge on any atom is 0.146 e. The summed E-state index contributed by atoms with van der Waals surface area (Å²) in [6.07, 6.45) is 9.04. The minimum atomic E-state index is 0.440. The van der Waals surface area contributed by atoms with E-state index in [1.807, 2.05) is 31.6 Å². The predicted molar refractivity (Wildman–Crippen MR) is 98.6 cm³/mol. The molecule has 4 heterocycles. The lowest BCUT2D eigenvalue weighted by Crippen LogP contribution is -1.94. The monoisotopic (exact) mass is 344 g/mol. The molecule has 0 fully saturated rings. The maximum atomic E-state index is 5.70. The number of methoxy groups -OCH3 is 1. The third-order valence-corrected chi connectivity index (χ3v) is 3.96. The van der Waals surface area contributed by atoms with Gasteiger partial charge in [-0.1, -0.05) is 11.8 Å². The normalized spacial score (nSPS) is 10.5. The van der Waals surface area contributed by atoms with Crippen molar-refractivity contribution in [2.75, 3.05) is 12.8 Å². The summed E-state index contributed by atoms with van der Waals surface area (Å²) in [4.78, 5) is 3.97. The van der Waals surface area contributed by atoms with E-state index in [1.165, 1.54) is 0 Å². The minimum absolute atomic E-state index is 0.440. The molecule has 2 N–H and O–H groups in total. The molecule has 0 amide bonds. The van der Waals surface area contributed by atoms with E-state index in [0.29, 0.717) is 11.6 Å². The first-order valence-corrected chi connectivity index (χ1v) is 7.92. The highest BCUT2D eigenvalue weighted by molar-refractivity contribution is 5.75. The van der Waals surface area contributed by atoms with Crippen LogP contribution < -0.4 is 10.5 Å². The van der Waals surface area contributed by atoms with Crippen LogP contribution in [0.5, 0.6) is 5.75 Å². The van der Waals surface area contributed by atoms with Crippen LogP contribution in [0.1, 0.15) is 11.1 Å². The molecule has 4 aromatic rings. The Hall–Kier alpha value is -3.79. The maximum absolute atomic E-state index is 5.70. The third-order valence-electron chi connectivity index (χ3n) is 3.96. The highest BCUT2D eigenvalue weighted by Crippen LogP contribution is 2.29. The summed E-state index contributed by atoms with van der Waals surface area (Å²) in [5, 5.41) is 8.63. The van der Waals surface area contributed by atoms with Crippen molar-refractivity contribution in [2.24, 2.45) is 7.05 Å². The molecule has 0 aliphatic carbocycles. The van der Waals surface area contributed by atoms with Gasteiger partial charge in [-0.25, -0.2) is 9.50 Å². The van der Waals surface area contributed by atoms with Crippen LogP contribution >= 0.6 is 0 Å². The van der Waals surface area contributed by atoms with Crippen LogP contribution in [0.4, 0.5) is 5.82 Å². The molecule has 26 heavy (non-hydrogen) atoms. The molecule has 0 radical (unpaired) electrons. The first-order chi connectivity index (χ1) is 12.6. The Morgan fingerprint density at radius 2 is 1.96 bits per heavy atom. The minimum Gasteiger partial charge on any atom is -0.494 e. The fraction of sp³-hybridized carbons (Fsp3) is 0.105. The lowest BCUT2D eigenvalue weighted by Gasteiger charge is -2.06. The Morgan fingerprint density at radius 3 is 2.69 bits per heavy atom. The quantitative estimate of drug-likeness (QED) is 0.563. The number of aromatic nitrogens is 5. The average molecular weight is 344 g/mol. The van der Waals surface area contributed by atoms with Crippen LogP contribution in [0.3, 0.4) is 0 Å². The molecule has 4 aromatic heterocycles. The van der Waals surface area contributed by atoms with Crippen LogP contribution in [0.25, 0.3) is 16.6 Å². The van der Waals surface area contributed by atoms with E-state index >= 15 is 0 Å². The number of aryl methyl sites for hydroxylation is 1. The van der Waals surface area contributed by atoms with Crippen LogP contribution in [0.2, 0.25) is 0 Å². The molecule has 0 spiro atoms. The number of anilines is 1. The number of nitrogens with zero attached hydrogens (tertiary/aromatic N) is 5. The first kappa shape index (κ1) is 15.7. The Balaban J connectivity index is 1.81. The fourth-order valence-electron chi connectivity index (χ4n) is 2.73. The van der Waals surface area contributed by atoms with Crippen molar-refractivity contribution in [1.29, 1.82) is 0 Å². The van der Waals surface area contributed by atoms with Crippen molar-refractivity contribution in [3.8, 4) is 28.7 Å². The molecule has 4 rings (SSSR count). The summed E-state index contributed by atoms with van der Waals surface area (Å²) >= 11 is 0. The van der Waals surface area contributed by atoms with E-state index in [4.69, 9.17) is 10.5 Å². The van der Waals surface area contributed by atoms with Gasteiger partial charge in [0.05, 0.1) is 25.1 Å². The highest BCUT2D eigenvalue weighted by atomic mass is 16.5. The van der Waals surface area contributed by atoms with Gasteiger partial charge in [-0.15, -0.1) is 0 Å². The largest absolute Gasteiger partial charge is 0.494 e. The zero-order valence-corrected chi connectivity index (χ0v) is 14.3. The van der Waals surface area contributed by atoms with Gasteiger partial charge in [-0.05, 0) is 18.2 Å². The number of hydrogen-bond acceptors (Lipinski definition) is 5. The second kappa shape index (κ2) is 6.26. The predicted octanol–water partition coefficient (Wildman–Crippen LogP) is 2.12. The molecule has 7 heteroatoms. The number of nitrogen functional groups attached to an aromatic ring is 1. The molecule has 0 atom stereocenters. The van der Waals surface area contributed by atoms with Crippen molar-refractivity contribution in [1.82, 2.24) is 24.4 Å². The molecule has 0 saturated heterocycles. The first-order valence-electron chi connectivity index (χ1n) is 7.92. The van der Waals surface area contributed by atoms with Crippen LogP contribution in [0, 0.1) is 11.8 Å². The Morgan fingerprint density at radius 1 is 1.08 bits per heavy atom. The topological polar surface area (TPSA) is 83.3 Å². The number of fused-ring (bicyclic) bond motifs is 1. The van der Waals surface area contributed by atoms with Gasteiger partial charge >= 0.3 is 0 Å². The summed E-state index contributed by atoms with van der Waals surface area (Å²) in [6, 6.07) is 5.51. The molecule has 0 aromatic carbocycles.